The van der Waals surface area contributed by atoms with Gasteiger partial charge in [-0.15, -0.1) is 0 Å². The molecule has 1 aromatic carbocycles. The fraction of sp³-hybridized carbons (Fsp3) is 0.438. The van der Waals surface area contributed by atoms with Crippen molar-refractivity contribution in [1.82, 2.24) is 9.88 Å². The summed E-state index contributed by atoms with van der Waals surface area (Å²) in [5.74, 6) is -0.882. The minimum Gasteiger partial charge on any atom is -0.478 e. The Labute approximate surface area is 119 Å². The summed E-state index contributed by atoms with van der Waals surface area (Å²) in [4.78, 5) is 11.1. The van der Waals surface area contributed by atoms with Crippen LogP contribution in [0.3, 0.4) is 0 Å². The van der Waals surface area contributed by atoms with Crippen LogP contribution < -0.4 is 5.32 Å². The molecule has 0 spiro atoms. The van der Waals surface area contributed by atoms with Crippen LogP contribution in [0.1, 0.15) is 49.7 Å². The maximum absolute atomic E-state index is 11.1. The smallest absolute Gasteiger partial charge is 0.335 e. The van der Waals surface area contributed by atoms with Gasteiger partial charge in [-0.2, -0.15) is 0 Å². The molecule has 0 amide bonds. The van der Waals surface area contributed by atoms with Crippen molar-refractivity contribution in [3.63, 3.8) is 0 Å². The van der Waals surface area contributed by atoms with E-state index in [1.165, 1.54) is 0 Å². The minimum atomic E-state index is -0.882. The number of benzene rings is 1. The zero-order valence-electron chi connectivity index (χ0n) is 12.5. The number of hydrogen-bond donors (Lipinski definition) is 2. The highest BCUT2D eigenvalue weighted by atomic mass is 16.4. The van der Waals surface area contributed by atoms with Crippen LogP contribution >= 0.6 is 0 Å². The number of carboxylic acid groups (broad SMARTS) is 1. The third kappa shape index (κ3) is 2.85. The second kappa shape index (κ2) is 5.67. The van der Waals surface area contributed by atoms with Gasteiger partial charge >= 0.3 is 5.97 Å². The summed E-state index contributed by atoms with van der Waals surface area (Å²) < 4.78 is 2.19. The molecule has 0 bridgehead atoms. The minimum absolute atomic E-state index is 0.338. The fourth-order valence-corrected chi connectivity index (χ4v) is 2.34. The summed E-state index contributed by atoms with van der Waals surface area (Å²) in [5.41, 5.74) is 2.57. The highest BCUT2D eigenvalue weighted by Crippen LogP contribution is 2.26. The van der Waals surface area contributed by atoms with E-state index >= 15 is 0 Å². The molecule has 4 heteroatoms. The second-order valence-electron chi connectivity index (χ2n) is 5.73. The van der Waals surface area contributed by atoms with Crippen molar-refractivity contribution < 1.29 is 9.90 Å². The normalized spacial score (nSPS) is 11.7. The number of aromatic carboxylic acids is 1. The second-order valence-corrected chi connectivity index (χ2v) is 5.73. The Morgan fingerprint density at radius 3 is 2.55 bits per heavy atom. The van der Waals surface area contributed by atoms with Gasteiger partial charge in [-0.05, 0) is 37.6 Å². The van der Waals surface area contributed by atoms with Crippen molar-refractivity contribution in [1.29, 1.82) is 0 Å². The molecule has 1 heterocycles. The predicted octanol–water partition coefficient (Wildman–Crippen LogP) is 3.42. The average molecular weight is 274 g/mol. The molecule has 108 valence electrons. The molecule has 0 atom stereocenters. The predicted molar refractivity (Wildman–Crippen MR) is 81.3 cm³/mol. The maximum Gasteiger partial charge on any atom is 0.335 e. The van der Waals surface area contributed by atoms with E-state index in [2.05, 4.69) is 43.8 Å². The quantitative estimate of drug-likeness (QED) is 0.878. The Morgan fingerprint density at radius 1 is 1.30 bits per heavy atom. The lowest BCUT2D eigenvalue weighted by Gasteiger charge is -2.09. The summed E-state index contributed by atoms with van der Waals surface area (Å²) in [6.07, 6.45) is 2.12. The van der Waals surface area contributed by atoms with Crippen molar-refractivity contribution in [2.75, 3.05) is 0 Å². The molecule has 0 unspecified atom stereocenters. The van der Waals surface area contributed by atoms with Gasteiger partial charge in [-0.25, -0.2) is 4.79 Å². The van der Waals surface area contributed by atoms with Gasteiger partial charge in [-0.3, -0.25) is 0 Å². The topological polar surface area (TPSA) is 54.3 Å². The van der Waals surface area contributed by atoms with Gasteiger partial charge in [0.05, 0.1) is 5.56 Å². The number of nitrogens with zero attached hydrogens (tertiary/aromatic N) is 1. The van der Waals surface area contributed by atoms with Gasteiger partial charge in [-0.1, -0.05) is 13.8 Å². The number of nitrogens with one attached hydrogen (secondary N) is 1. The van der Waals surface area contributed by atoms with E-state index in [-0.39, 0.29) is 0 Å². The molecule has 0 aliphatic rings. The van der Waals surface area contributed by atoms with E-state index in [0.29, 0.717) is 17.6 Å². The summed E-state index contributed by atoms with van der Waals surface area (Å²) in [6, 6.07) is 6.09. The van der Waals surface area contributed by atoms with Crippen molar-refractivity contribution >= 4 is 16.9 Å². The Morgan fingerprint density at radius 2 is 2.00 bits per heavy atom. The molecule has 2 N–H and O–H groups in total. The number of rotatable bonds is 5. The molecular weight excluding hydrogens is 252 g/mol. The number of fused-ring (bicyclic) bond motifs is 1. The molecule has 0 saturated carbocycles. The Hall–Kier alpha value is -1.81. The Kier molecular flexibility index (Phi) is 4.14. The van der Waals surface area contributed by atoms with Crippen LogP contribution in [-0.4, -0.2) is 21.7 Å². The summed E-state index contributed by atoms with van der Waals surface area (Å²) in [7, 11) is 0. The fourth-order valence-electron chi connectivity index (χ4n) is 2.34. The highest BCUT2D eigenvalue weighted by molar-refractivity contribution is 5.95. The molecule has 0 saturated heterocycles. The standard InChI is InChI=1S/C16H22N2O2/c1-10(2)17-8-13-9-18(11(3)4)15-6-5-12(16(19)20)7-14(13)15/h5-7,9-11,17H,8H2,1-4H3,(H,19,20). The SMILES string of the molecule is CC(C)NCc1cn(C(C)C)c2ccc(C(=O)O)cc12. The number of carboxylic acids is 1. The first-order valence-corrected chi connectivity index (χ1v) is 7.00. The Bertz CT molecular complexity index is 627. The zero-order chi connectivity index (χ0) is 14.9. The average Bonchev–Trinajstić information content (AvgIpc) is 2.74. The summed E-state index contributed by atoms with van der Waals surface area (Å²) >= 11 is 0. The highest BCUT2D eigenvalue weighted by Gasteiger charge is 2.13. The van der Waals surface area contributed by atoms with Crippen molar-refractivity contribution in [3.8, 4) is 0 Å². The van der Waals surface area contributed by atoms with E-state index in [4.69, 9.17) is 5.11 Å². The van der Waals surface area contributed by atoms with E-state index in [1.807, 2.05) is 6.07 Å². The molecule has 20 heavy (non-hydrogen) atoms. The van der Waals surface area contributed by atoms with Crippen LogP contribution in [0, 0.1) is 0 Å². The lowest BCUT2D eigenvalue weighted by molar-refractivity contribution is 0.0697. The first-order chi connectivity index (χ1) is 9.40. The zero-order valence-corrected chi connectivity index (χ0v) is 12.5. The van der Waals surface area contributed by atoms with E-state index in [1.54, 1.807) is 12.1 Å². The van der Waals surface area contributed by atoms with E-state index in [0.717, 1.165) is 23.0 Å². The van der Waals surface area contributed by atoms with Crippen LogP contribution in [0.25, 0.3) is 10.9 Å². The molecule has 2 aromatic rings. The third-order valence-corrected chi connectivity index (χ3v) is 3.42. The summed E-state index contributed by atoms with van der Waals surface area (Å²) in [6.45, 7) is 9.21. The van der Waals surface area contributed by atoms with E-state index < -0.39 is 5.97 Å². The molecular formula is C16H22N2O2. The Balaban J connectivity index is 2.53. The van der Waals surface area contributed by atoms with Gasteiger partial charge in [0.15, 0.2) is 0 Å². The largest absolute Gasteiger partial charge is 0.478 e. The van der Waals surface area contributed by atoms with E-state index in [9.17, 15) is 4.79 Å². The van der Waals surface area contributed by atoms with Crippen LogP contribution in [0.2, 0.25) is 0 Å². The number of aromatic nitrogens is 1. The molecule has 0 radical (unpaired) electrons. The molecule has 0 fully saturated rings. The maximum atomic E-state index is 11.1. The van der Waals surface area contributed by atoms with Crippen LogP contribution in [-0.2, 0) is 6.54 Å². The van der Waals surface area contributed by atoms with Crippen molar-refractivity contribution in [2.45, 2.75) is 46.3 Å². The van der Waals surface area contributed by atoms with Gasteiger partial charge < -0.3 is 15.0 Å². The third-order valence-electron chi connectivity index (χ3n) is 3.42. The van der Waals surface area contributed by atoms with Gasteiger partial charge in [0, 0.05) is 35.7 Å². The van der Waals surface area contributed by atoms with Gasteiger partial charge in [0.1, 0.15) is 0 Å². The molecule has 0 aliphatic heterocycles. The molecule has 4 nitrogen and oxygen atoms in total. The van der Waals surface area contributed by atoms with Crippen molar-refractivity contribution in [3.05, 3.63) is 35.5 Å². The number of carbonyl (C=O) groups is 1. The van der Waals surface area contributed by atoms with Crippen LogP contribution in [0.5, 0.6) is 0 Å². The van der Waals surface area contributed by atoms with Gasteiger partial charge in [0.2, 0.25) is 0 Å². The molecule has 1 aromatic heterocycles. The van der Waals surface area contributed by atoms with Crippen molar-refractivity contribution in [2.24, 2.45) is 0 Å². The van der Waals surface area contributed by atoms with Crippen LogP contribution in [0.15, 0.2) is 24.4 Å². The monoisotopic (exact) mass is 274 g/mol. The molecule has 2 rings (SSSR count). The first kappa shape index (κ1) is 14.6. The lowest BCUT2D eigenvalue weighted by Crippen LogP contribution is -2.21. The summed E-state index contributed by atoms with van der Waals surface area (Å²) in [5, 5.41) is 13.6. The molecule has 0 aliphatic carbocycles. The van der Waals surface area contributed by atoms with Crippen LogP contribution in [0.4, 0.5) is 0 Å². The van der Waals surface area contributed by atoms with Gasteiger partial charge in [0.25, 0.3) is 0 Å². The first-order valence-electron chi connectivity index (χ1n) is 7.00. The lowest BCUT2D eigenvalue weighted by atomic mass is 10.1. The number of hydrogen-bond acceptors (Lipinski definition) is 2.